The highest BCUT2D eigenvalue weighted by Crippen LogP contribution is 2.08. The van der Waals surface area contributed by atoms with Gasteiger partial charge in [0.05, 0.1) is 0 Å². The molecule has 0 saturated heterocycles. The number of hydrogen-bond acceptors (Lipinski definition) is 2. The molecule has 1 N–H and O–H groups in total. The van der Waals surface area contributed by atoms with Crippen LogP contribution in [-0.4, -0.2) is 22.3 Å². The Hall–Kier alpha value is -0.670. The van der Waals surface area contributed by atoms with Crippen molar-refractivity contribution in [2.45, 2.75) is 33.4 Å². The van der Waals surface area contributed by atoms with Crippen LogP contribution in [0.5, 0.6) is 0 Å². The standard InChI is InChI=1S/C13H21NOS/c1-10-5-11(2)7-13(6-10)8-14-12(3)9-16(4)15/h5-7,12,14H,8-9H2,1-4H3. The summed E-state index contributed by atoms with van der Waals surface area (Å²) in [5, 5.41) is 3.39. The Morgan fingerprint density at radius 3 is 2.31 bits per heavy atom. The van der Waals surface area contributed by atoms with E-state index in [1.165, 1.54) is 16.7 Å². The molecule has 3 heteroatoms. The van der Waals surface area contributed by atoms with E-state index >= 15 is 0 Å². The molecule has 2 unspecified atom stereocenters. The summed E-state index contributed by atoms with van der Waals surface area (Å²) >= 11 is 0. The summed E-state index contributed by atoms with van der Waals surface area (Å²) in [6.07, 6.45) is 1.75. The average Bonchev–Trinajstić information content (AvgIpc) is 2.12. The van der Waals surface area contributed by atoms with Crippen molar-refractivity contribution in [1.29, 1.82) is 0 Å². The van der Waals surface area contributed by atoms with E-state index in [-0.39, 0.29) is 0 Å². The third kappa shape index (κ3) is 4.90. The zero-order valence-corrected chi connectivity index (χ0v) is 11.4. The van der Waals surface area contributed by atoms with Gasteiger partial charge in [0.15, 0.2) is 0 Å². The molecule has 0 aromatic heterocycles. The van der Waals surface area contributed by atoms with Gasteiger partial charge in [0, 0.05) is 35.4 Å². The molecule has 0 radical (unpaired) electrons. The van der Waals surface area contributed by atoms with Crippen LogP contribution in [0, 0.1) is 13.8 Å². The first-order valence-electron chi connectivity index (χ1n) is 5.58. The van der Waals surface area contributed by atoms with Gasteiger partial charge in [0.2, 0.25) is 0 Å². The molecule has 0 aliphatic heterocycles. The summed E-state index contributed by atoms with van der Waals surface area (Å²) in [6.45, 7) is 7.15. The van der Waals surface area contributed by atoms with E-state index in [2.05, 4.69) is 44.3 Å². The smallest absolute Gasteiger partial charge is 0.0383 e. The number of nitrogens with one attached hydrogen (secondary N) is 1. The van der Waals surface area contributed by atoms with Gasteiger partial charge in [0.1, 0.15) is 0 Å². The van der Waals surface area contributed by atoms with Gasteiger partial charge in [-0.2, -0.15) is 0 Å². The lowest BCUT2D eigenvalue weighted by Gasteiger charge is -2.13. The maximum absolute atomic E-state index is 11.0. The van der Waals surface area contributed by atoms with Crippen LogP contribution in [0.25, 0.3) is 0 Å². The van der Waals surface area contributed by atoms with E-state index in [9.17, 15) is 4.21 Å². The minimum atomic E-state index is -0.725. The van der Waals surface area contributed by atoms with Crippen molar-refractivity contribution < 1.29 is 4.21 Å². The summed E-state index contributed by atoms with van der Waals surface area (Å²) in [5.74, 6) is 0.713. The molecule has 2 atom stereocenters. The van der Waals surface area contributed by atoms with Gasteiger partial charge in [-0.25, -0.2) is 0 Å². The fraction of sp³-hybridized carbons (Fsp3) is 0.538. The van der Waals surface area contributed by atoms with Crippen molar-refractivity contribution in [2.75, 3.05) is 12.0 Å². The Morgan fingerprint density at radius 1 is 1.25 bits per heavy atom. The van der Waals surface area contributed by atoms with Gasteiger partial charge in [-0.3, -0.25) is 4.21 Å². The molecular weight excluding hydrogens is 218 g/mol. The highest BCUT2D eigenvalue weighted by molar-refractivity contribution is 7.84. The molecule has 0 fully saturated rings. The molecule has 1 aromatic carbocycles. The largest absolute Gasteiger partial charge is 0.309 e. The van der Waals surface area contributed by atoms with Crippen molar-refractivity contribution in [3.63, 3.8) is 0 Å². The maximum atomic E-state index is 11.0. The molecule has 0 bridgehead atoms. The van der Waals surface area contributed by atoms with Crippen LogP contribution >= 0.6 is 0 Å². The Labute approximate surface area is 101 Å². The molecular formula is C13H21NOS. The number of aryl methyl sites for hydroxylation is 2. The molecule has 0 aliphatic carbocycles. The van der Waals surface area contributed by atoms with E-state index in [0.29, 0.717) is 11.8 Å². The quantitative estimate of drug-likeness (QED) is 0.853. The Balaban J connectivity index is 2.51. The normalized spacial score (nSPS) is 14.8. The Kier molecular flexibility index (Phi) is 5.16. The van der Waals surface area contributed by atoms with Gasteiger partial charge in [0.25, 0.3) is 0 Å². The van der Waals surface area contributed by atoms with Crippen LogP contribution < -0.4 is 5.32 Å². The summed E-state index contributed by atoms with van der Waals surface area (Å²) in [5.41, 5.74) is 3.89. The topological polar surface area (TPSA) is 29.1 Å². The van der Waals surface area contributed by atoms with Crippen molar-refractivity contribution in [3.05, 3.63) is 34.9 Å². The second-order valence-corrected chi connectivity index (χ2v) is 6.00. The lowest BCUT2D eigenvalue weighted by atomic mass is 10.1. The summed E-state index contributed by atoms with van der Waals surface area (Å²) in [4.78, 5) is 0. The predicted octanol–water partition coefficient (Wildman–Crippen LogP) is 2.16. The zero-order valence-electron chi connectivity index (χ0n) is 10.5. The lowest BCUT2D eigenvalue weighted by molar-refractivity contribution is 0.587. The molecule has 1 rings (SSSR count). The molecule has 90 valence electrons. The fourth-order valence-corrected chi connectivity index (χ4v) is 2.70. The van der Waals surface area contributed by atoms with E-state index in [0.717, 1.165) is 6.54 Å². The zero-order chi connectivity index (χ0) is 12.1. The second-order valence-electron chi connectivity index (χ2n) is 4.52. The van der Waals surface area contributed by atoms with E-state index in [1.807, 2.05) is 0 Å². The van der Waals surface area contributed by atoms with Crippen LogP contribution in [0.2, 0.25) is 0 Å². The van der Waals surface area contributed by atoms with Crippen molar-refractivity contribution in [3.8, 4) is 0 Å². The van der Waals surface area contributed by atoms with Crippen LogP contribution in [0.4, 0.5) is 0 Å². The lowest BCUT2D eigenvalue weighted by Crippen LogP contribution is -2.30. The SMILES string of the molecule is Cc1cc(C)cc(CNC(C)CS(C)=O)c1. The summed E-state index contributed by atoms with van der Waals surface area (Å²) < 4.78 is 11.0. The average molecular weight is 239 g/mol. The van der Waals surface area contributed by atoms with Crippen LogP contribution in [0.3, 0.4) is 0 Å². The van der Waals surface area contributed by atoms with E-state index < -0.39 is 10.8 Å². The maximum Gasteiger partial charge on any atom is 0.0383 e. The second kappa shape index (κ2) is 6.16. The molecule has 0 spiro atoms. The van der Waals surface area contributed by atoms with E-state index in [4.69, 9.17) is 0 Å². The van der Waals surface area contributed by atoms with Gasteiger partial charge < -0.3 is 5.32 Å². The van der Waals surface area contributed by atoms with E-state index in [1.54, 1.807) is 6.26 Å². The monoisotopic (exact) mass is 239 g/mol. The van der Waals surface area contributed by atoms with Gasteiger partial charge in [-0.05, 0) is 26.3 Å². The van der Waals surface area contributed by atoms with Crippen molar-refractivity contribution in [1.82, 2.24) is 5.32 Å². The summed E-state index contributed by atoms with van der Waals surface area (Å²) in [6, 6.07) is 6.85. The molecule has 16 heavy (non-hydrogen) atoms. The predicted molar refractivity (Wildman–Crippen MR) is 71.2 cm³/mol. The van der Waals surface area contributed by atoms with Gasteiger partial charge in [-0.1, -0.05) is 29.3 Å². The number of benzene rings is 1. The van der Waals surface area contributed by atoms with Crippen LogP contribution in [0.15, 0.2) is 18.2 Å². The Morgan fingerprint density at radius 2 is 1.81 bits per heavy atom. The van der Waals surface area contributed by atoms with Crippen LogP contribution in [-0.2, 0) is 17.3 Å². The van der Waals surface area contributed by atoms with Gasteiger partial charge >= 0.3 is 0 Å². The van der Waals surface area contributed by atoms with Gasteiger partial charge in [-0.15, -0.1) is 0 Å². The molecule has 0 saturated carbocycles. The molecule has 2 nitrogen and oxygen atoms in total. The molecule has 0 amide bonds. The Bertz CT molecular complexity index is 356. The fourth-order valence-electron chi connectivity index (χ4n) is 1.87. The highest BCUT2D eigenvalue weighted by atomic mass is 32.2. The third-order valence-electron chi connectivity index (χ3n) is 2.42. The first-order chi connectivity index (χ1) is 7.47. The van der Waals surface area contributed by atoms with Crippen LogP contribution in [0.1, 0.15) is 23.6 Å². The minimum Gasteiger partial charge on any atom is -0.309 e. The number of hydrogen-bond donors (Lipinski definition) is 1. The number of rotatable bonds is 5. The molecule has 0 aliphatic rings. The molecule has 1 aromatic rings. The first-order valence-corrected chi connectivity index (χ1v) is 7.30. The molecule has 0 heterocycles. The van der Waals surface area contributed by atoms with Crippen molar-refractivity contribution >= 4 is 10.8 Å². The first kappa shape index (κ1) is 13.4. The summed E-state index contributed by atoms with van der Waals surface area (Å²) in [7, 11) is -0.725. The van der Waals surface area contributed by atoms with Crippen molar-refractivity contribution in [2.24, 2.45) is 0 Å². The third-order valence-corrected chi connectivity index (χ3v) is 3.39. The minimum absolute atomic E-state index is 0.298. The highest BCUT2D eigenvalue weighted by Gasteiger charge is 2.04.